The molecule has 0 saturated heterocycles. The van der Waals surface area contributed by atoms with Gasteiger partial charge in [0.25, 0.3) is 0 Å². The first-order valence-corrected chi connectivity index (χ1v) is 5.57. The van der Waals surface area contributed by atoms with E-state index in [0.717, 1.165) is 0 Å². The Morgan fingerprint density at radius 3 is 2.36 bits per heavy atom. The Hall–Kier alpha value is -0.570. The first kappa shape index (κ1) is 11.5. The van der Waals surface area contributed by atoms with Crippen molar-refractivity contribution >= 4 is 5.97 Å². The molecule has 2 N–H and O–H groups in total. The predicted molar refractivity (Wildman–Crippen MR) is 56.2 cm³/mol. The SMILES string of the molecule is CNC(C1CCCCC1)C(C)C(=O)O. The maximum Gasteiger partial charge on any atom is 0.307 e. The monoisotopic (exact) mass is 199 g/mol. The lowest BCUT2D eigenvalue weighted by Gasteiger charge is -2.32. The van der Waals surface area contributed by atoms with Crippen molar-refractivity contribution in [2.45, 2.75) is 45.1 Å². The van der Waals surface area contributed by atoms with E-state index in [0.29, 0.717) is 5.92 Å². The van der Waals surface area contributed by atoms with Crippen LogP contribution in [0.15, 0.2) is 0 Å². The van der Waals surface area contributed by atoms with Gasteiger partial charge in [0.1, 0.15) is 0 Å². The van der Waals surface area contributed by atoms with Crippen molar-refractivity contribution in [3.8, 4) is 0 Å². The van der Waals surface area contributed by atoms with Crippen LogP contribution >= 0.6 is 0 Å². The van der Waals surface area contributed by atoms with Crippen LogP contribution in [-0.2, 0) is 4.79 Å². The van der Waals surface area contributed by atoms with Crippen molar-refractivity contribution in [1.82, 2.24) is 5.32 Å². The quantitative estimate of drug-likeness (QED) is 0.726. The lowest BCUT2D eigenvalue weighted by molar-refractivity contribution is -0.142. The molecule has 14 heavy (non-hydrogen) atoms. The largest absolute Gasteiger partial charge is 0.481 e. The normalized spacial score (nSPS) is 23.0. The molecule has 0 radical (unpaired) electrons. The minimum atomic E-state index is -0.685. The van der Waals surface area contributed by atoms with Crippen LogP contribution in [0, 0.1) is 11.8 Å². The molecule has 2 atom stereocenters. The van der Waals surface area contributed by atoms with Crippen molar-refractivity contribution < 1.29 is 9.90 Å². The van der Waals surface area contributed by atoms with E-state index in [1.165, 1.54) is 32.1 Å². The van der Waals surface area contributed by atoms with Crippen molar-refractivity contribution in [2.24, 2.45) is 11.8 Å². The molecule has 0 aromatic carbocycles. The number of carbonyl (C=O) groups is 1. The number of carboxylic acids is 1. The van der Waals surface area contributed by atoms with Crippen molar-refractivity contribution in [1.29, 1.82) is 0 Å². The highest BCUT2D eigenvalue weighted by molar-refractivity contribution is 5.70. The molecule has 1 fully saturated rings. The third-order valence-corrected chi connectivity index (χ3v) is 3.42. The fraction of sp³-hybridized carbons (Fsp3) is 0.909. The Morgan fingerprint density at radius 1 is 1.36 bits per heavy atom. The molecular weight excluding hydrogens is 178 g/mol. The van der Waals surface area contributed by atoms with Gasteiger partial charge in [0.05, 0.1) is 5.92 Å². The Morgan fingerprint density at radius 2 is 1.93 bits per heavy atom. The zero-order chi connectivity index (χ0) is 10.6. The lowest BCUT2D eigenvalue weighted by Crippen LogP contribution is -2.43. The molecule has 0 aromatic heterocycles. The summed E-state index contributed by atoms with van der Waals surface area (Å²) in [5.41, 5.74) is 0. The van der Waals surface area contributed by atoms with Gasteiger partial charge >= 0.3 is 5.97 Å². The Balaban J connectivity index is 2.55. The molecule has 0 spiro atoms. The number of aliphatic carboxylic acids is 1. The number of rotatable bonds is 4. The molecule has 1 aliphatic carbocycles. The van der Waals surface area contributed by atoms with Crippen LogP contribution < -0.4 is 5.32 Å². The zero-order valence-corrected chi connectivity index (χ0v) is 9.12. The summed E-state index contributed by atoms with van der Waals surface area (Å²) in [6.07, 6.45) is 6.20. The molecule has 0 aliphatic heterocycles. The number of nitrogens with one attached hydrogen (secondary N) is 1. The van der Waals surface area contributed by atoms with Crippen LogP contribution in [0.25, 0.3) is 0 Å². The molecule has 3 nitrogen and oxygen atoms in total. The van der Waals surface area contributed by atoms with Gasteiger partial charge in [-0.1, -0.05) is 26.2 Å². The first-order chi connectivity index (χ1) is 6.66. The Labute approximate surface area is 85.9 Å². The first-order valence-electron chi connectivity index (χ1n) is 5.57. The van der Waals surface area contributed by atoms with Crippen molar-refractivity contribution in [3.05, 3.63) is 0 Å². The number of carboxylic acid groups (broad SMARTS) is 1. The molecule has 3 heteroatoms. The summed E-state index contributed by atoms with van der Waals surface area (Å²) in [5.74, 6) is -0.405. The molecular formula is C11H21NO2. The molecule has 1 saturated carbocycles. The van der Waals surface area contributed by atoms with E-state index in [4.69, 9.17) is 5.11 Å². The highest BCUT2D eigenvalue weighted by Gasteiger charge is 2.30. The molecule has 0 heterocycles. The van der Waals surface area contributed by atoms with Crippen LogP contribution in [0.4, 0.5) is 0 Å². The van der Waals surface area contributed by atoms with Gasteiger partial charge in [-0.25, -0.2) is 0 Å². The van der Waals surface area contributed by atoms with Gasteiger partial charge in [0.2, 0.25) is 0 Å². The second kappa shape index (κ2) is 5.35. The van der Waals surface area contributed by atoms with Gasteiger partial charge in [0, 0.05) is 6.04 Å². The summed E-state index contributed by atoms with van der Waals surface area (Å²) < 4.78 is 0. The smallest absolute Gasteiger partial charge is 0.307 e. The standard InChI is InChI=1S/C11H21NO2/c1-8(11(13)14)10(12-2)9-6-4-3-5-7-9/h8-10,12H,3-7H2,1-2H3,(H,13,14). The van der Waals surface area contributed by atoms with E-state index in [1.807, 2.05) is 7.05 Å². The van der Waals surface area contributed by atoms with Crippen LogP contribution in [0.2, 0.25) is 0 Å². The van der Waals surface area contributed by atoms with Crippen LogP contribution in [0.5, 0.6) is 0 Å². The molecule has 2 unspecified atom stereocenters. The van der Waals surface area contributed by atoms with Gasteiger partial charge < -0.3 is 10.4 Å². The average Bonchev–Trinajstić information content (AvgIpc) is 2.20. The molecule has 82 valence electrons. The van der Waals surface area contributed by atoms with Crippen molar-refractivity contribution in [3.63, 3.8) is 0 Å². The highest BCUT2D eigenvalue weighted by Crippen LogP contribution is 2.29. The summed E-state index contributed by atoms with van der Waals surface area (Å²) in [4.78, 5) is 10.9. The predicted octanol–water partition coefficient (Wildman–Crippen LogP) is 1.88. The van der Waals surface area contributed by atoms with Gasteiger partial charge in [-0.2, -0.15) is 0 Å². The van der Waals surface area contributed by atoms with E-state index >= 15 is 0 Å². The van der Waals surface area contributed by atoms with E-state index in [9.17, 15) is 4.79 Å². The summed E-state index contributed by atoms with van der Waals surface area (Å²) in [7, 11) is 1.87. The third-order valence-electron chi connectivity index (χ3n) is 3.42. The molecule has 0 amide bonds. The second-order valence-corrected chi connectivity index (χ2v) is 4.34. The van der Waals surface area contributed by atoms with E-state index in [2.05, 4.69) is 5.32 Å². The minimum absolute atomic E-state index is 0.146. The fourth-order valence-electron chi connectivity index (χ4n) is 2.54. The third kappa shape index (κ3) is 2.71. The topological polar surface area (TPSA) is 49.3 Å². The number of hydrogen-bond acceptors (Lipinski definition) is 2. The summed E-state index contributed by atoms with van der Waals surface area (Å²) in [5, 5.41) is 12.1. The fourth-order valence-corrected chi connectivity index (χ4v) is 2.54. The van der Waals surface area contributed by atoms with Crippen LogP contribution in [0.3, 0.4) is 0 Å². The van der Waals surface area contributed by atoms with E-state index < -0.39 is 5.97 Å². The van der Waals surface area contributed by atoms with Gasteiger partial charge in [-0.05, 0) is 25.8 Å². The van der Waals surface area contributed by atoms with E-state index in [1.54, 1.807) is 6.92 Å². The molecule has 1 rings (SSSR count). The Kier molecular flexibility index (Phi) is 4.39. The van der Waals surface area contributed by atoms with Crippen molar-refractivity contribution in [2.75, 3.05) is 7.05 Å². The average molecular weight is 199 g/mol. The second-order valence-electron chi connectivity index (χ2n) is 4.34. The van der Waals surface area contributed by atoms with E-state index in [-0.39, 0.29) is 12.0 Å². The van der Waals surface area contributed by atoms with Gasteiger partial charge in [-0.15, -0.1) is 0 Å². The van der Waals surface area contributed by atoms with Crippen LogP contribution in [-0.4, -0.2) is 24.2 Å². The maximum absolute atomic E-state index is 10.9. The highest BCUT2D eigenvalue weighted by atomic mass is 16.4. The lowest BCUT2D eigenvalue weighted by atomic mass is 9.79. The Bertz CT molecular complexity index is 188. The molecule has 1 aliphatic rings. The van der Waals surface area contributed by atoms with Crippen LogP contribution in [0.1, 0.15) is 39.0 Å². The minimum Gasteiger partial charge on any atom is -0.481 e. The molecule has 0 bridgehead atoms. The zero-order valence-electron chi connectivity index (χ0n) is 9.12. The summed E-state index contributed by atoms with van der Waals surface area (Å²) in [6, 6.07) is 0.146. The summed E-state index contributed by atoms with van der Waals surface area (Å²) in [6.45, 7) is 1.80. The molecule has 0 aromatic rings. The van der Waals surface area contributed by atoms with Gasteiger partial charge in [-0.3, -0.25) is 4.79 Å². The number of hydrogen-bond donors (Lipinski definition) is 2. The maximum atomic E-state index is 10.9. The summed E-state index contributed by atoms with van der Waals surface area (Å²) >= 11 is 0. The van der Waals surface area contributed by atoms with Gasteiger partial charge in [0.15, 0.2) is 0 Å².